The van der Waals surface area contributed by atoms with Gasteiger partial charge in [-0.2, -0.15) is 0 Å². The number of likely N-dealkylation sites (tertiary alicyclic amines) is 1. The molecule has 1 saturated heterocycles. The van der Waals surface area contributed by atoms with Crippen LogP contribution in [0.15, 0.2) is 23.1 Å². The lowest BCUT2D eigenvalue weighted by molar-refractivity contribution is 0.0942. The summed E-state index contributed by atoms with van der Waals surface area (Å²) in [6.07, 6.45) is 1.23. The third-order valence-corrected chi connectivity index (χ3v) is 5.40. The molecular weight excluding hydrogens is 326 g/mol. The van der Waals surface area contributed by atoms with Crippen molar-refractivity contribution in [2.24, 2.45) is 5.92 Å². The van der Waals surface area contributed by atoms with Crippen LogP contribution in [-0.4, -0.2) is 50.7 Å². The van der Waals surface area contributed by atoms with Gasteiger partial charge in [-0.25, -0.2) is 21.9 Å². The number of nitrogens with zero attached hydrogens (tertiary/aromatic N) is 1. The maximum absolute atomic E-state index is 13.1. The van der Waals surface area contributed by atoms with Crippen LogP contribution in [0.3, 0.4) is 0 Å². The first kappa shape index (κ1) is 18.3. The van der Waals surface area contributed by atoms with Gasteiger partial charge in [-0.05, 0) is 44.0 Å². The van der Waals surface area contributed by atoms with E-state index in [1.165, 1.54) is 0 Å². The molecule has 23 heavy (non-hydrogen) atoms. The van der Waals surface area contributed by atoms with E-state index in [1.54, 1.807) is 0 Å². The van der Waals surface area contributed by atoms with E-state index in [2.05, 4.69) is 16.5 Å². The topological polar surface area (TPSA) is 69.6 Å². The lowest BCUT2D eigenvalue weighted by Crippen LogP contribution is -2.43. The van der Waals surface area contributed by atoms with E-state index < -0.39 is 32.7 Å². The molecule has 8 heteroatoms. The Morgan fingerprint density at radius 1 is 1.26 bits per heavy atom. The molecule has 0 bridgehead atoms. The summed E-state index contributed by atoms with van der Waals surface area (Å²) in [5, 5.41) is 9.97. The van der Waals surface area contributed by atoms with Gasteiger partial charge in [0.15, 0.2) is 0 Å². The summed E-state index contributed by atoms with van der Waals surface area (Å²) in [5.41, 5.74) is 0. The summed E-state index contributed by atoms with van der Waals surface area (Å²) < 4.78 is 52.4. The minimum Gasteiger partial charge on any atom is -0.390 e. The predicted octanol–water partition coefficient (Wildman–Crippen LogP) is 1.34. The zero-order valence-corrected chi connectivity index (χ0v) is 13.8. The molecule has 0 saturated carbocycles. The van der Waals surface area contributed by atoms with Crippen LogP contribution < -0.4 is 4.72 Å². The first-order valence-corrected chi connectivity index (χ1v) is 9.11. The maximum Gasteiger partial charge on any atom is 0.240 e. The Morgan fingerprint density at radius 3 is 2.39 bits per heavy atom. The second-order valence-corrected chi connectivity index (χ2v) is 7.86. The Kier molecular flexibility index (Phi) is 6.07. The van der Waals surface area contributed by atoms with Gasteiger partial charge in [0.1, 0.15) is 11.6 Å². The molecule has 0 aromatic heterocycles. The number of aliphatic hydroxyl groups excluding tert-OH is 1. The Hall–Kier alpha value is -1.09. The highest BCUT2D eigenvalue weighted by Gasteiger charge is 2.21. The molecule has 1 aliphatic rings. The molecule has 1 unspecified atom stereocenters. The summed E-state index contributed by atoms with van der Waals surface area (Å²) in [4.78, 5) is 1.59. The molecule has 1 fully saturated rings. The molecule has 2 rings (SSSR count). The summed E-state index contributed by atoms with van der Waals surface area (Å²) in [7, 11) is -4.06. The highest BCUT2D eigenvalue weighted by Crippen LogP contribution is 2.16. The van der Waals surface area contributed by atoms with Gasteiger partial charge in [0.05, 0.1) is 11.0 Å². The molecule has 130 valence electrons. The summed E-state index contributed by atoms with van der Waals surface area (Å²) >= 11 is 0. The van der Waals surface area contributed by atoms with Gasteiger partial charge in [-0.15, -0.1) is 0 Å². The van der Waals surface area contributed by atoms with Crippen LogP contribution in [0.4, 0.5) is 8.78 Å². The summed E-state index contributed by atoms with van der Waals surface area (Å²) in [5.74, 6) is -1.26. The number of nitrogens with one attached hydrogen (secondary N) is 1. The monoisotopic (exact) mass is 348 g/mol. The normalized spacial score (nSPS) is 19.0. The smallest absolute Gasteiger partial charge is 0.240 e. The lowest BCUT2D eigenvalue weighted by atomic mass is 9.99. The summed E-state index contributed by atoms with van der Waals surface area (Å²) in [6.45, 7) is 4.10. The fraction of sp³-hybridized carbons (Fsp3) is 0.600. The van der Waals surface area contributed by atoms with E-state index in [-0.39, 0.29) is 6.54 Å². The first-order valence-electron chi connectivity index (χ1n) is 7.62. The van der Waals surface area contributed by atoms with Crippen molar-refractivity contribution in [2.45, 2.75) is 30.8 Å². The molecule has 1 aliphatic heterocycles. The highest BCUT2D eigenvalue weighted by molar-refractivity contribution is 7.89. The fourth-order valence-electron chi connectivity index (χ4n) is 2.58. The van der Waals surface area contributed by atoms with Crippen LogP contribution in [-0.2, 0) is 10.0 Å². The number of rotatable bonds is 6. The van der Waals surface area contributed by atoms with Crippen molar-refractivity contribution < 1.29 is 22.3 Å². The molecule has 1 aromatic carbocycles. The average Bonchev–Trinajstić information content (AvgIpc) is 2.47. The Labute approximate surface area is 135 Å². The molecule has 5 nitrogen and oxygen atoms in total. The highest BCUT2D eigenvalue weighted by atomic mass is 32.2. The van der Waals surface area contributed by atoms with Crippen molar-refractivity contribution >= 4 is 10.0 Å². The van der Waals surface area contributed by atoms with Crippen LogP contribution in [0.1, 0.15) is 19.8 Å². The van der Waals surface area contributed by atoms with Gasteiger partial charge in [-0.3, -0.25) is 0 Å². The van der Waals surface area contributed by atoms with Crippen LogP contribution in [0.5, 0.6) is 0 Å². The SMILES string of the molecule is CC1CCN(CC(O)CNS(=O)(=O)c2cc(F)cc(F)c2)CC1. The van der Waals surface area contributed by atoms with Gasteiger partial charge >= 0.3 is 0 Å². The van der Waals surface area contributed by atoms with E-state index >= 15 is 0 Å². The van der Waals surface area contributed by atoms with Crippen molar-refractivity contribution in [2.75, 3.05) is 26.2 Å². The maximum atomic E-state index is 13.1. The largest absolute Gasteiger partial charge is 0.390 e. The molecule has 1 heterocycles. The zero-order valence-electron chi connectivity index (χ0n) is 13.0. The Bertz CT molecular complexity index is 611. The molecule has 1 atom stereocenters. The van der Waals surface area contributed by atoms with Gasteiger partial charge in [-0.1, -0.05) is 6.92 Å². The van der Waals surface area contributed by atoms with E-state index in [4.69, 9.17) is 0 Å². The Morgan fingerprint density at radius 2 is 1.83 bits per heavy atom. The van der Waals surface area contributed by atoms with Crippen LogP contribution >= 0.6 is 0 Å². The minimum atomic E-state index is -4.06. The number of sulfonamides is 1. The van der Waals surface area contributed by atoms with Gasteiger partial charge in [0.25, 0.3) is 0 Å². The number of hydrogen-bond donors (Lipinski definition) is 2. The van der Waals surface area contributed by atoms with Gasteiger partial charge < -0.3 is 10.0 Å². The number of hydrogen-bond acceptors (Lipinski definition) is 4. The van der Waals surface area contributed by atoms with Crippen molar-refractivity contribution in [3.63, 3.8) is 0 Å². The van der Waals surface area contributed by atoms with Gasteiger partial charge in [0, 0.05) is 19.2 Å². The van der Waals surface area contributed by atoms with Crippen LogP contribution in [0, 0.1) is 17.6 Å². The summed E-state index contributed by atoms with van der Waals surface area (Å²) in [6, 6.07) is 2.08. The molecule has 0 aliphatic carbocycles. The predicted molar refractivity (Wildman–Crippen MR) is 82.4 cm³/mol. The van der Waals surface area contributed by atoms with E-state index in [0.717, 1.165) is 38.1 Å². The van der Waals surface area contributed by atoms with E-state index in [0.29, 0.717) is 18.5 Å². The molecule has 0 amide bonds. The van der Waals surface area contributed by atoms with Crippen molar-refractivity contribution in [3.8, 4) is 0 Å². The minimum absolute atomic E-state index is 0.202. The Balaban J connectivity index is 1.88. The van der Waals surface area contributed by atoms with E-state index in [1.807, 2.05) is 0 Å². The number of benzene rings is 1. The van der Waals surface area contributed by atoms with E-state index in [9.17, 15) is 22.3 Å². The molecule has 0 radical (unpaired) electrons. The zero-order chi connectivity index (χ0) is 17.0. The number of β-amino-alcohol motifs (C(OH)–C–C–N with tert-alkyl or cyclic N) is 1. The second kappa shape index (κ2) is 7.65. The second-order valence-electron chi connectivity index (χ2n) is 6.09. The quantitative estimate of drug-likeness (QED) is 0.814. The fourth-order valence-corrected chi connectivity index (χ4v) is 3.69. The average molecular weight is 348 g/mol. The number of aliphatic hydroxyl groups is 1. The molecular formula is C15H22F2N2O3S. The van der Waals surface area contributed by atoms with Crippen LogP contribution in [0.25, 0.3) is 0 Å². The van der Waals surface area contributed by atoms with Gasteiger partial charge in [0.2, 0.25) is 10.0 Å². The molecule has 2 N–H and O–H groups in total. The van der Waals surface area contributed by atoms with Crippen molar-refractivity contribution in [1.82, 2.24) is 9.62 Å². The standard InChI is InChI=1S/C15H22F2N2O3S/c1-11-2-4-19(5-3-11)10-14(20)9-18-23(21,22)15-7-12(16)6-13(17)8-15/h6-8,11,14,18,20H,2-5,9-10H2,1H3. The molecule has 1 aromatic rings. The van der Waals surface area contributed by atoms with Crippen LogP contribution in [0.2, 0.25) is 0 Å². The number of halogens is 2. The van der Waals surface area contributed by atoms with Crippen molar-refractivity contribution in [3.05, 3.63) is 29.8 Å². The number of piperidine rings is 1. The molecule has 0 spiro atoms. The first-order chi connectivity index (χ1) is 10.8. The van der Waals surface area contributed by atoms with Crippen molar-refractivity contribution in [1.29, 1.82) is 0 Å². The third kappa shape index (κ3) is 5.49. The lowest BCUT2D eigenvalue weighted by Gasteiger charge is -2.31. The third-order valence-electron chi connectivity index (χ3n) is 4.00.